The highest BCUT2D eigenvalue weighted by Gasteiger charge is 2.52. The minimum Gasteiger partial charge on any atom is -0.469 e. The fraction of sp³-hybridized carbons (Fsp3) is 0.588. The quantitative estimate of drug-likeness (QED) is 0.634. The van der Waals surface area contributed by atoms with Crippen LogP contribution in [0.2, 0.25) is 0 Å². The Balaban J connectivity index is 1.70. The monoisotopic (exact) mass is 302 g/mol. The third kappa shape index (κ3) is 2.57. The molecule has 118 valence electrons. The Morgan fingerprint density at radius 3 is 2.18 bits per heavy atom. The first-order valence-electron chi connectivity index (χ1n) is 7.78. The number of methoxy groups -OCH3 is 1. The third-order valence-corrected chi connectivity index (χ3v) is 5.18. The summed E-state index contributed by atoms with van der Waals surface area (Å²) < 4.78 is 16.9. The van der Waals surface area contributed by atoms with Crippen molar-refractivity contribution in [1.82, 2.24) is 0 Å². The molecule has 2 fully saturated rings. The molecule has 3 rings (SSSR count). The predicted molar refractivity (Wildman–Crippen MR) is 85.0 cm³/mol. The number of rotatable bonds is 3. The van der Waals surface area contributed by atoms with Gasteiger partial charge in [0, 0.05) is 0 Å². The van der Waals surface area contributed by atoms with Gasteiger partial charge in [-0.2, -0.15) is 0 Å². The maximum absolute atomic E-state index is 11.5. The zero-order valence-corrected chi connectivity index (χ0v) is 13.9. The lowest BCUT2D eigenvalue weighted by atomic mass is 9.78. The smallest absolute Gasteiger partial charge is 0.469 e. The summed E-state index contributed by atoms with van der Waals surface area (Å²) in [4.78, 5) is 11.5. The van der Waals surface area contributed by atoms with E-state index in [-0.39, 0.29) is 30.2 Å². The van der Waals surface area contributed by atoms with Crippen LogP contribution in [0, 0.1) is 5.92 Å². The molecule has 1 aliphatic heterocycles. The summed E-state index contributed by atoms with van der Waals surface area (Å²) in [6.07, 6.45) is 0.877. The van der Waals surface area contributed by atoms with Crippen LogP contribution in [-0.2, 0) is 18.8 Å². The summed E-state index contributed by atoms with van der Waals surface area (Å²) in [5, 5.41) is 0. The Bertz CT molecular complexity index is 563. The van der Waals surface area contributed by atoms with Gasteiger partial charge in [-0.1, -0.05) is 24.3 Å². The summed E-state index contributed by atoms with van der Waals surface area (Å²) in [6, 6.07) is 8.19. The minimum atomic E-state index is -0.338. The molecule has 1 saturated carbocycles. The highest BCUT2D eigenvalue weighted by atomic mass is 16.7. The van der Waals surface area contributed by atoms with E-state index in [0.29, 0.717) is 5.92 Å². The zero-order valence-electron chi connectivity index (χ0n) is 13.9. The standard InChI is InChI=1S/C17H23BO4/c1-16(2)17(3,4)22-18(21-16)12-8-6-11(7-9-12)13-10-14(13)15(19)20-5/h6-9,13-14H,10H2,1-5H3/t13-,14+/m1/s1. The summed E-state index contributed by atoms with van der Waals surface area (Å²) in [5.41, 5.74) is 1.53. The van der Waals surface area contributed by atoms with Crippen LogP contribution in [0.5, 0.6) is 0 Å². The molecular formula is C17H23BO4. The van der Waals surface area contributed by atoms with Crippen LogP contribution in [0.15, 0.2) is 24.3 Å². The Hall–Kier alpha value is -1.33. The molecule has 0 radical (unpaired) electrons. The molecule has 1 aromatic rings. The normalized spacial score (nSPS) is 28.5. The molecule has 0 spiro atoms. The van der Waals surface area contributed by atoms with Gasteiger partial charge in [0.25, 0.3) is 0 Å². The first kappa shape index (κ1) is 15.6. The molecule has 2 aliphatic rings. The van der Waals surface area contributed by atoms with Crippen LogP contribution in [0.1, 0.15) is 45.6 Å². The second kappa shape index (κ2) is 5.10. The van der Waals surface area contributed by atoms with Gasteiger partial charge in [0.15, 0.2) is 0 Å². The number of carbonyl (C=O) groups excluding carboxylic acids is 1. The van der Waals surface area contributed by atoms with Gasteiger partial charge < -0.3 is 14.0 Å². The average Bonchev–Trinajstić information content (AvgIpc) is 3.21. The molecule has 1 saturated heterocycles. The van der Waals surface area contributed by atoms with Crippen LogP contribution >= 0.6 is 0 Å². The summed E-state index contributed by atoms with van der Waals surface area (Å²) >= 11 is 0. The van der Waals surface area contributed by atoms with Gasteiger partial charge in [0.1, 0.15) is 0 Å². The van der Waals surface area contributed by atoms with Gasteiger partial charge in [-0.25, -0.2) is 0 Å². The first-order valence-corrected chi connectivity index (χ1v) is 7.78. The Morgan fingerprint density at radius 1 is 1.14 bits per heavy atom. The van der Waals surface area contributed by atoms with Crippen molar-refractivity contribution in [3.05, 3.63) is 29.8 Å². The van der Waals surface area contributed by atoms with Gasteiger partial charge in [0.2, 0.25) is 0 Å². The Kier molecular flexibility index (Phi) is 3.61. The van der Waals surface area contributed by atoms with Crippen LogP contribution in [0.4, 0.5) is 0 Å². The second-order valence-electron chi connectivity index (χ2n) is 7.23. The van der Waals surface area contributed by atoms with Gasteiger partial charge in [-0.05, 0) is 51.1 Å². The van der Waals surface area contributed by atoms with Crippen molar-refractivity contribution in [1.29, 1.82) is 0 Å². The van der Waals surface area contributed by atoms with Crippen molar-refractivity contribution in [3.63, 3.8) is 0 Å². The average molecular weight is 302 g/mol. The molecule has 1 aromatic carbocycles. The number of hydrogen-bond donors (Lipinski definition) is 0. The van der Waals surface area contributed by atoms with Crippen molar-refractivity contribution in [2.45, 2.75) is 51.2 Å². The number of carbonyl (C=O) groups is 1. The fourth-order valence-corrected chi connectivity index (χ4v) is 2.85. The van der Waals surface area contributed by atoms with Gasteiger partial charge >= 0.3 is 13.1 Å². The van der Waals surface area contributed by atoms with Crippen molar-refractivity contribution in [2.24, 2.45) is 5.92 Å². The number of hydrogen-bond acceptors (Lipinski definition) is 4. The van der Waals surface area contributed by atoms with Crippen molar-refractivity contribution < 1.29 is 18.8 Å². The molecular weight excluding hydrogens is 279 g/mol. The molecule has 5 heteroatoms. The topological polar surface area (TPSA) is 44.8 Å². The van der Waals surface area contributed by atoms with E-state index in [1.165, 1.54) is 12.7 Å². The van der Waals surface area contributed by atoms with Crippen LogP contribution < -0.4 is 5.46 Å². The first-order chi connectivity index (χ1) is 10.2. The Labute approximate surface area is 132 Å². The van der Waals surface area contributed by atoms with E-state index in [1.807, 2.05) is 39.8 Å². The van der Waals surface area contributed by atoms with Crippen LogP contribution in [0.3, 0.4) is 0 Å². The molecule has 0 unspecified atom stereocenters. The molecule has 0 amide bonds. The third-order valence-electron chi connectivity index (χ3n) is 5.18. The number of esters is 1. The van der Waals surface area contributed by atoms with Crippen molar-refractivity contribution in [2.75, 3.05) is 7.11 Å². The zero-order chi connectivity index (χ0) is 16.1. The lowest BCUT2D eigenvalue weighted by molar-refractivity contribution is -0.142. The van der Waals surface area contributed by atoms with Crippen LogP contribution in [-0.4, -0.2) is 31.4 Å². The molecule has 0 N–H and O–H groups in total. The molecule has 0 bridgehead atoms. The molecule has 22 heavy (non-hydrogen) atoms. The molecule has 4 nitrogen and oxygen atoms in total. The van der Waals surface area contributed by atoms with Crippen molar-refractivity contribution >= 4 is 18.6 Å². The van der Waals surface area contributed by atoms with E-state index < -0.39 is 0 Å². The molecule has 2 atom stereocenters. The number of ether oxygens (including phenoxy) is 1. The summed E-state index contributed by atoms with van der Waals surface area (Å²) in [7, 11) is 1.11. The van der Waals surface area contributed by atoms with Crippen LogP contribution in [0.25, 0.3) is 0 Å². The summed E-state index contributed by atoms with van der Waals surface area (Å²) in [6.45, 7) is 8.19. The van der Waals surface area contributed by atoms with E-state index in [2.05, 4.69) is 12.1 Å². The molecule has 1 heterocycles. The van der Waals surface area contributed by atoms with E-state index in [9.17, 15) is 4.79 Å². The summed E-state index contributed by atoms with van der Waals surface area (Å²) in [5.74, 6) is 0.201. The molecule has 0 aromatic heterocycles. The highest BCUT2D eigenvalue weighted by Crippen LogP contribution is 2.48. The fourth-order valence-electron chi connectivity index (χ4n) is 2.85. The van der Waals surface area contributed by atoms with Gasteiger partial charge in [-0.3, -0.25) is 4.79 Å². The van der Waals surface area contributed by atoms with Gasteiger partial charge in [-0.15, -0.1) is 0 Å². The van der Waals surface area contributed by atoms with E-state index in [0.717, 1.165) is 11.9 Å². The van der Waals surface area contributed by atoms with Gasteiger partial charge in [0.05, 0.1) is 24.2 Å². The second-order valence-corrected chi connectivity index (χ2v) is 7.23. The van der Waals surface area contributed by atoms with Crippen molar-refractivity contribution in [3.8, 4) is 0 Å². The maximum Gasteiger partial charge on any atom is 0.494 e. The lowest BCUT2D eigenvalue weighted by Gasteiger charge is -2.32. The largest absolute Gasteiger partial charge is 0.494 e. The van der Waals surface area contributed by atoms with E-state index in [4.69, 9.17) is 14.0 Å². The SMILES string of the molecule is COC(=O)[C@H]1C[C@@H]1c1ccc(B2OC(C)(C)C(C)(C)O2)cc1. The molecule has 1 aliphatic carbocycles. The van der Waals surface area contributed by atoms with E-state index in [1.54, 1.807) is 0 Å². The van der Waals surface area contributed by atoms with E-state index >= 15 is 0 Å². The minimum absolute atomic E-state index is 0.0210. The highest BCUT2D eigenvalue weighted by molar-refractivity contribution is 6.62. The Morgan fingerprint density at radius 2 is 1.68 bits per heavy atom. The predicted octanol–water partition coefficient (Wildman–Crippen LogP) is 2.26. The lowest BCUT2D eigenvalue weighted by Crippen LogP contribution is -2.41. The maximum atomic E-state index is 11.5. The number of benzene rings is 1.